The number of rotatable bonds is 3. The zero-order chi connectivity index (χ0) is 11.5. The van der Waals surface area contributed by atoms with Crippen LogP contribution in [0.4, 0.5) is 0 Å². The van der Waals surface area contributed by atoms with Crippen LogP contribution in [0.1, 0.15) is 30.9 Å². The van der Waals surface area contributed by atoms with Crippen molar-refractivity contribution < 1.29 is 27.2 Å². The molecule has 2 N–H and O–H groups in total. The molecule has 0 amide bonds. The van der Waals surface area contributed by atoms with Crippen LogP contribution in [0.3, 0.4) is 0 Å². The summed E-state index contributed by atoms with van der Waals surface area (Å²) in [6, 6.07) is 3.31. The van der Waals surface area contributed by atoms with Gasteiger partial charge in [0.15, 0.2) is 17.7 Å². The van der Waals surface area contributed by atoms with E-state index in [0.717, 1.165) is 30.6 Å². The highest BCUT2D eigenvalue weighted by Gasteiger charge is 2.17. The normalized spacial score (nSPS) is 13.6. The molecular weight excluding hydrogens is 238 g/mol. The fraction of sp³-hybridized carbons (Fsp3) is 0.462. The molecule has 0 aromatic heterocycles. The number of fused-ring (bicyclic) bond motifs is 1. The lowest BCUT2D eigenvalue weighted by Gasteiger charge is -2.13. The van der Waals surface area contributed by atoms with Crippen molar-refractivity contribution in [1.82, 2.24) is 0 Å². The molecule has 1 aromatic rings. The SMILES string of the molecule is CCCC[N+]1=Cc2cc(O)c(O)cc2CC1.[Cl-]. The topological polar surface area (TPSA) is 43.5 Å². The van der Waals surface area contributed by atoms with Crippen LogP contribution in [-0.4, -0.2) is 34.1 Å². The number of aromatic hydroxyl groups is 2. The number of nitrogens with zero attached hydrogens (tertiary/aromatic N) is 1. The van der Waals surface area contributed by atoms with Gasteiger partial charge in [-0.2, -0.15) is 0 Å². The van der Waals surface area contributed by atoms with Crippen molar-refractivity contribution in [2.24, 2.45) is 0 Å². The Kier molecular flexibility index (Phi) is 4.82. The molecule has 0 atom stereocenters. The van der Waals surface area contributed by atoms with Gasteiger partial charge in [-0.3, -0.25) is 0 Å². The molecule has 0 radical (unpaired) electrons. The van der Waals surface area contributed by atoms with E-state index in [0.29, 0.717) is 0 Å². The summed E-state index contributed by atoms with van der Waals surface area (Å²) in [6.07, 6.45) is 5.39. The highest BCUT2D eigenvalue weighted by Crippen LogP contribution is 2.28. The summed E-state index contributed by atoms with van der Waals surface area (Å²) >= 11 is 0. The van der Waals surface area contributed by atoms with Gasteiger partial charge in [-0.1, -0.05) is 13.3 Å². The highest BCUT2D eigenvalue weighted by atomic mass is 35.5. The molecule has 4 heteroatoms. The standard InChI is InChI=1S/C13H17NO2.ClH/c1-2-3-5-14-6-4-10-7-12(15)13(16)8-11(10)9-14;/h7-9,16H,2-6H2,1H3;1H. The Bertz CT molecular complexity index is 430. The lowest BCUT2D eigenvalue weighted by atomic mass is 10.0. The van der Waals surface area contributed by atoms with Crippen molar-refractivity contribution in [3.8, 4) is 11.5 Å². The third-order valence-corrected chi connectivity index (χ3v) is 3.03. The van der Waals surface area contributed by atoms with E-state index in [4.69, 9.17) is 0 Å². The first-order chi connectivity index (χ1) is 7.70. The minimum Gasteiger partial charge on any atom is -1.00 e. The Morgan fingerprint density at radius 3 is 2.65 bits per heavy atom. The van der Waals surface area contributed by atoms with Gasteiger partial charge in [-0.15, -0.1) is 0 Å². The van der Waals surface area contributed by atoms with E-state index in [1.165, 1.54) is 12.8 Å². The summed E-state index contributed by atoms with van der Waals surface area (Å²) < 4.78 is 2.28. The van der Waals surface area contributed by atoms with Crippen LogP contribution in [0.5, 0.6) is 11.5 Å². The van der Waals surface area contributed by atoms with Crippen LogP contribution < -0.4 is 12.4 Å². The highest BCUT2D eigenvalue weighted by molar-refractivity contribution is 5.80. The third-order valence-electron chi connectivity index (χ3n) is 3.03. The summed E-state index contributed by atoms with van der Waals surface area (Å²) in [5.41, 5.74) is 2.14. The Labute approximate surface area is 108 Å². The maximum atomic E-state index is 9.45. The number of hydrogen-bond acceptors (Lipinski definition) is 2. The largest absolute Gasteiger partial charge is 1.00 e. The molecule has 1 aliphatic heterocycles. The maximum absolute atomic E-state index is 9.45. The quantitative estimate of drug-likeness (QED) is 0.532. The molecule has 0 aliphatic carbocycles. The maximum Gasteiger partial charge on any atom is 0.171 e. The van der Waals surface area contributed by atoms with Gasteiger partial charge in [0.25, 0.3) is 0 Å². The number of halogens is 1. The van der Waals surface area contributed by atoms with Crippen molar-refractivity contribution in [2.75, 3.05) is 13.1 Å². The molecular formula is C13H18ClNO2. The molecule has 17 heavy (non-hydrogen) atoms. The minimum absolute atomic E-state index is 0. The second kappa shape index (κ2) is 5.92. The van der Waals surface area contributed by atoms with E-state index < -0.39 is 0 Å². The van der Waals surface area contributed by atoms with Crippen LogP contribution >= 0.6 is 0 Å². The summed E-state index contributed by atoms with van der Waals surface area (Å²) in [5, 5.41) is 18.9. The van der Waals surface area contributed by atoms with Gasteiger partial charge in [0.05, 0.1) is 0 Å². The van der Waals surface area contributed by atoms with E-state index >= 15 is 0 Å². The molecule has 1 heterocycles. The minimum atomic E-state index is -0.0349. The zero-order valence-corrected chi connectivity index (χ0v) is 10.7. The number of phenolic OH excluding ortho intramolecular Hbond substituents is 2. The Morgan fingerprint density at radius 1 is 1.24 bits per heavy atom. The number of unbranched alkanes of at least 4 members (excludes halogenated alkanes) is 1. The molecule has 0 fully saturated rings. The number of benzene rings is 1. The molecule has 0 saturated heterocycles. The lowest BCUT2D eigenvalue weighted by molar-refractivity contribution is -0.524. The summed E-state index contributed by atoms with van der Waals surface area (Å²) in [4.78, 5) is 0. The third kappa shape index (κ3) is 3.13. The number of phenols is 2. The molecule has 0 saturated carbocycles. The van der Waals surface area contributed by atoms with Crippen molar-refractivity contribution in [1.29, 1.82) is 0 Å². The van der Waals surface area contributed by atoms with Crippen LogP contribution in [-0.2, 0) is 6.42 Å². The fourth-order valence-corrected chi connectivity index (χ4v) is 2.04. The second-order valence-electron chi connectivity index (χ2n) is 4.31. The molecule has 94 valence electrons. The molecule has 2 rings (SSSR count). The van der Waals surface area contributed by atoms with E-state index in [2.05, 4.69) is 17.7 Å². The molecule has 0 unspecified atom stereocenters. The van der Waals surface area contributed by atoms with E-state index in [-0.39, 0.29) is 23.9 Å². The van der Waals surface area contributed by atoms with Gasteiger partial charge in [0.2, 0.25) is 0 Å². The zero-order valence-electron chi connectivity index (χ0n) is 9.99. The van der Waals surface area contributed by atoms with Crippen LogP contribution in [0.25, 0.3) is 0 Å². The van der Waals surface area contributed by atoms with Crippen LogP contribution in [0, 0.1) is 0 Å². The first-order valence-electron chi connectivity index (χ1n) is 5.84. The van der Waals surface area contributed by atoms with Gasteiger partial charge in [0, 0.05) is 18.4 Å². The van der Waals surface area contributed by atoms with Gasteiger partial charge in [-0.05, 0) is 17.7 Å². The van der Waals surface area contributed by atoms with E-state index in [9.17, 15) is 10.2 Å². The molecule has 1 aliphatic rings. The van der Waals surface area contributed by atoms with Gasteiger partial charge in [0.1, 0.15) is 13.1 Å². The van der Waals surface area contributed by atoms with E-state index in [1.54, 1.807) is 12.1 Å². The predicted molar refractivity (Wildman–Crippen MR) is 63.5 cm³/mol. The average Bonchev–Trinajstić information content (AvgIpc) is 2.28. The lowest BCUT2D eigenvalue weighted by Crippen LogP contribution is -3.00. The smallest absolute Gasteiger partial charge is 0.171 e. The molecule has 0 spiro atoms. The molecule has 0 bridgehead atoms. The monoisotopic (exact) mass is 255 g/mol. The first-order valence-corrected chi connectivity index (χ1v) is 5.84. The fourth-order valence-electron chi connectivity index (χ4n) is 2.04. The van der Waals surface area contributed by atoms with E-state index in [1.807, 2.05) is 0 Å². The summed E-state index contributed by atoms with van der Waals surface area (Å²) in [5.74, 6) is -0.0542. The van der Waals surface area contributed by atoms with Crippen molar-refractivity contribution in [2.45, 2.75) is 26.2 Å². The molecule has 3 nitrogen and oxygen atoms in total. The van der Waals surface area contributed by atoms with Gasteiger partial charge >= 0.3 is 0 Å². The summed E-state index contributed by atoms with van der Waals surface area (Å²) in [6.45, 7) is 4.25. The van der Waals surface area contributed by atoms with Crippen LogP contribution in [0.15, 0.2) is 12.1 Å². The van der Waals surface area contributed by atoms with Gasteiger partial charge < -0.3 is 22.6 Å². The van der Waals surface area contributed by atoms with Crippen molar-refractivity contribution in [3.63, 3.8) is 0 Å². The Balaban J connectivity index is 0.00000144. The summed E-state index contributed by atoms with van der Waals surface area (Å²) in [7, 11) is 0. The van der Waals surface area contributed by atoms with Crippen molar-refractivity contribution >= 4 is 6.21 Å². The Morgan fingerprint density at radius 2 is 1.94 bits per heavy atom. The molecule has 1 aromatic carbocycles. The van der Waals surface area contributed by atoms with Crippen LogP contribution in [0.2, 0.25) is 0 Å². The van der Waals surface area contributed by atoms with Gasteiger partial charge in [-0.25, -0.2) is 4.58 Å². The Hall–Kier alpha value is -1.22. The average molecular weight is 256 g/mol. The predicted octanol–water partition coefficient (Wildman–Crippen LogP) is -1.11. The second-order valence-corrected chi connectivity index (χ2v) is 4.31. The first kappa shape index (κ1) is 13.8. The number of hydrogen-bond donors (Lipinski definition) is 2. The van der Waals surface area contributed by atoms with Crippen molar-refractivity contribution in [3.05, 3.63) is 23.3 Å².